The van der Waals surface area contributed by atoms with Gasteiger partial charge in [0.05, 0.1) is 11.2 Å². The zero-order valence-corrected chi connectivity index (χ0v) is 8.81. The SMILES string of the molecule is Cc1cc(C(F)(F)F)ccc1C(C)(C)O. The van der Waals surface area contributed by atoms with Crippen molar-refractivity contribution >= 4 is 0 Å². The molecule has 1 N–H and O–H groups in total. The number of aliphatic hydroxyl groups is 1. The summed E-state index contributed by atoms with van der Waals surface area (Å²) in [5, 5.41) is 9.68. The Labute approximate surface area is 86.5 Å². The molecule has 1 nitrogen and oxygen atoms in total. The number of hydrogen-bond donors (Lipinski definition) is 1. The number of rotatable bonds is 1. The van der Waals surface area contributed by atoms with Gasteiger partial charge in [0, 0.05) is 0 Å². The molecule has 0 saturated heterocycles. The molecule has 0 spiro atoms. The van der Waals surface area contributed by atoms with Crippen molar-refractivity contribution in [2.24, 2.45) is 0 Å². The maximum atomic E-state index is 12.3. The zero-order chi connectivity index (χ0) is 11.9. The zero-order valence-electron chi connectivity index (χ0n) is 8.81. The molecule has 0 bridgehead atoms. The molecule has 0 amide bonds. The fourth-order valence-electron chi connectivity index (χ4n) is 1.53. The van der Waals surface area contributed by atoms with E-state index in [9.17, 15) is 18.3 Å². The van der Waals surface area contributed by atoms with E-state index >= 15 is 0 Å². The highest BCUT2D eigenvalue weighted by atomic mass is 19.4. The third-order valence-electron chi connectivity index (χ3n) is 2.21. The molecule has 0 aliphatic heterocycles. The van der Waals surface area contributed by atoms with Gasteiger partial charge in [-0.05, 0) is 44.0 Å². The average Bonchev–Trinajstić information content (AvgIpc) is 1.99. The highest BCUT2D eigenvalue weighted by molar-refractivity contribution is 5.35. The number of alkyl halides is 3. The summed E-state index contributed by atoms with van der Waals surface area (Å²) in [6, 6.07) is 3.35. The minimum absolute atomic E-state index is 0.442. The van der Waals surface area contributed by atoms with E-state index in [4.69, 9.17) is 0 Å². The van der Waals surface area contributed by atoms with E-state index in [1.807, 2.05) is 0 Å². The van der Waals surface area contributed by atoms with Crippen LogP contribution in [-0.2, 0) is 11.8 Å². The first-order valence-corrected chi connectivity index (χ1v) is 4.53. The molecule has 0 atom stereocenters. The second-order valence-electron chi connectivity index (χ2n) is 4.09. The molecule has 0 heterocycles. The van der Waals surface area contributed by atoms with Crippen LogP contribution in [0.1, 0.15) is 30.5 Å². The Morgan fingerprint density at radius 3 is 2.00 bits per heavy atom. The van der Waals surface area contributed by atoms with Crippen LogP contribution in [0.2, 0.25) is 0 Å². The van der Waals surface area contributed by atoms with Gasteiger partial charge < -0.3 is 5.11 Å². The van der Waals surface area contributed by atoms with Crippen LogP contribution in [0.4, 0.5) is 13.2 Å². The first kappa shape index (κ1) is 12.0. The van der Waals surface area contributed by atoms with E-state index in [0.29, 0.717) is 11.1 Å². The van der Waals surface area contributed by atoms with E-state index < -0.39 is 17.3 Å². The predicted molar refractivity (Wildman–Crippen MR) is 51.4 cm³/mol. The Hall–Kier alpha value is -1.03. The molecule has 0 radical (unpaired) electrons. The molecule has 4 heteroatoms. The van der Waals surface area contributed by atoms with Crippen LogP contribution in [0.15, 0.2) is 18.2 Å². The summed E-state index contributed by atoms with van der Waals surface area (Å²) in [6.07, 6.45) is -4.33. The maximum Gasteiger partial charge on any atom is 0.416 e. The van der Waals surface area contributed by atoms with Crippen molar-refractivity contribution in [3.05, 3.63) is 34.9 Å². The van der Waals surface area contributed by atoms with Gasteiger partial charge in [0.25, 0.3) is 0 Å². The van der Waals surface area contributed by atoms with Gasteiger partial charge in [-0.25, -0.2) is 0 Å². The predicted octanol–water partition coefficient (Wildman–Crippen LogP) is 3.24. The van der Waals surface area contributed by atoms with Crippen LogP contribution in [-0.4, -0.2) is 5.11 Å². The van der Waals surface area contributed by atoms with Gasteiger partial charge >= 0.3 is 6.18 Å². The molecular formula is C11H13F3O. The smallest absolute Gasteiger partial charge is 0.386 e. The van der Waals surface area contributed by atoms with Gasteiger partial charge in [-0.15, -0.1) is 0 Å². The number of halogens is 3. The molecule has 0 fully saturated rings. The molecule has 0 saturated carbocycles. The molecule has 0 aliphatic carbocycles. The lowest BCUT2D eigenvalue weighted by Gasteiger charge is -2.21. The third-order valence-corrected chi connectivity index (χ3v) is 2.21. The second kappa shape index (κ2) is 3.52. The van der Waals surface area contributed by atoms with Crippen LogP contribution >= 0.6 is 0 Å². The molecular weight excluding hydrogens is 205 g/mol. The van der Waals surface area contributed by atoms with Crippen molar-refractivity contribution in [1.82, 2.24) is 0 Å². The first-order valence-electron chi connectivity index (χ1n) is 4.53. The summed E-state index contributed by atoms with van der Waals surface area (Å²) in [5.74, 6) is 0. The van der Waals surface area contributed by atoms with Gasteiger partial charge in [0.2, 0.25) is 0 Å². The number of benzene rings is 1. The Morgan fingerprint density at radius 1 is 1.13 bits per heavy atom. The average molecular weight is 218 g/mol. The minimum atomic E-state index is -4.33. The molecule has 0 aliphatic rings. The van der Waals surface area contributed by atoms with Gasteiger partial charge in [-0.2, -0.15) is 13.2 Å². The lowest BCUT2D eigenvalue weighted by atomic mass is 9.92. The highest BCUT2D eigenvalue weighted by Crippen LogP contribution is 2.32. The number of aryl methyl sites for hydroxylation is 1. The van der Waals surface area contributed by atoms with E-state index in [2.05, 4.69) is 0 Å². The molecule has 0 unspecified atom stereocenters. The fourth-order valence-corrected chi connectivity index (χ4v) is 1.53. The second-order valence-corrected chi connectivity index (χ2v) is 4.09. The molecule has 1 aromatic rings. The highest BCUT2D eigenvalue weighted by Gasteiger charge is 2.31. The van der Waals surface area contributed by atoms with Crippen molar-refractivity contribution in [2.45, 2.75) is 32.5 Å². The lowest BCUT2D eigenvalue weighted by molar-refractivity contribution is -0.137. The normalized spacial score (nSPS) is 13.0. The summed E-state index contributed by atoms with van der Waals surface area (Å²) in [7, 11) is 0. The molecule has 1 aromatic carbocycles. The van der Waals surface area contributed by atoms with Gasteiger partial charge in [-0.3, -0.25) is 0 Å². The number of hydrogen-bond acceptors (Lipinski definition) is 1. The lowest BCUT2D eigenvalue weighted by Crippen LogP contribution is -2.18. The van der Waals surface area contributed by atoms with Gasteiger partial charge in [-0.1, -0.05) is 6.07 Å². The summed E-state index contributed by atoms with van der Waals surface area (Å²) in [4.78, 5) is 0. The minimum Gasteiger partial charge on any atom is -0.386 e. The summed E-state index contributed by atoms with van der Waals surface area (Å²) >= 11 is 0. The molecule has 84 valence electrons. The van der Waals surface area contributed by atoms with E-state index in [0.717, 1.165) is 12.1 Å². The topological polar surface area (TPSA) is 20.2 Å². The van der Waals surface area contributed by atoms with Crippen molar-refractivity contribution in [1.29, 1.82) is 0 Å². The molecule has 15 heavy (non-hydrogen) atoms. The fraction of sp³-hybridized carbons (Fsp3) is 0.455. The third kappa shape index (κ3) is 2.72. The van der Waals surface area contributed by atoms with Crippen LogP contribution < -0.4 is 0 Å². The van der Waals surface area contributed by atoms with Crippen molar-refractivity contribution in [3.8, 4) is 0 Å². The summed E-state index contributed by atoms with van der Waals surface area (Å²) in [5.41, 5.74) is -0.852. The van der Waals surface area contributed by atoms with Crippen molar-refractivity contribution in [2.75, 3.05) is 0 Å². The van der Waals surface area contributed by atoms with Crippen LogP contribution in [0.3, 0.4) is 0 Å². The summed E-state index contributed by atoms with van der Waals surface area (Å²) in [6.45, 7) is 4.65. The largest absolute Gasteiger partial charge is 0.416 e. The van der Waals surface area contributed by atoms with E-state index in [-0.39, 0.29) is 0 Å². The molecule has 1 rings (SSSR count). The van der Waals surface area contributed by atoms with E-state index in [1.54, 1.807) is 20.8 Å². The van der Waals surface area contributed by atoms with Crippen LogP contribution in [0, 0.1) is 6.92 Å². The Kier molecular flexibility index (Phi) is 2.83. The maximum absolute atomic E-state index is 12.3. The van der Waals surface area contributed by atoms with Crippen molar-refractivity contribution in [3.63, 3.8) is 0 Å². The quantitative estimate of drug-likeness (QED) is 0.767. The van der Waals surface area contributed by atoms with Crippen LogP contribution in [0.5, 0.6) is 0 Å². The Morgan fingerprint density at radius 2 is 1.67 bits per heavy atom. The first-order chi connectivity index (χ1) is 6.62. The van der Waals surface area contributed by atoms with Crippen LogP contribution in [0.25, 0.3) is 0 Å². The van der Waals surface area contributed by atoms with Gasteiger partial charge in [0.15, 0.2) is 0 Å². The monoisotopic (exact) mass is 218 g/mol. The standard InChI is InChI=1S/C11H13F3O/c1-7-6-8(11(12,13)14)4-5-9(7)10(2,3)15/h4-6,15H,1-3H3. The summed E-state index contributed by atoms with van der Waals surface area (Å²) < 4.78 is 37.0. The molecule has 0 aromatic heterocycles. The van der Waals surface area contributed by atoms with Crippen molar-refractivity contribution < 1.29 is 18.3 Å². The van der Waals surface area contributed by atoms with E-state index in [1.165, 1.54) is 6.07 Å². The Balaban J connectivity index is 3.21. The van der Waals surface area contributed by atoms with Gasteiger partial charge in [0.1, 0.15) is 0 Å². The Bertz CT molecular complexity index is 361.